The van der Waals surface area contributed by atoms with Gasteiger partial charge in [0.25, 0.3) is 5.91 Å². The molecule has 0 bridgehead atoms. The summed E-state index contributed by atoms with van der Waals surface area (Å²) in [5.74, 6) is -1.21. The van der Waals surface area contributed by atoms with Crippen LogP contribution in [0.4, 0.5) is 13.2 Å². The first kappa shape index (κ1) is 17.1. The van der Waals surface area contributed by atoms with Crippen LogP contribution in [0.15, 0.2) is 6.20 Å². The van der Waals surface area contributed by atoms with Crippen molar-refractivity contribution in [3.63, 3.8) is 0 Å². The van der Waals surface area contributed by atoms with Crippen LogP contribution in [0.1, 0.15) is 53.2 Å². The summed E-state index contributed by atoms with van der Waals surface area (Å²) < 4.78 is 45.7. The first-order chi connectivity index (χ1) is 12.3. The van der Waals surface area contributed by atoms with Crippen molar-refractivity contribution < 1.29 is 22.7 Å². The van der Waals surface area contributed by atoms with Crippen molar-refractivity contribution in [2.75, 3.05) is 6.54 Å². The fourth-order valence-electron chi connectivity index (χ4n) is 3.68. The number of H-pyrrole nitrogens is 1. The van der Waals surface area contributed by atoms with Crippen LogP contribution in [0.2, 0.25) is 0 Å². The minimum Gasteiger partial charge on any atom is -0.369 e. The van der Waals surface area contributed by atoms with E-state index in [1.807, 2.05) is 13.8 Å². The number of hydrogen-bond acceptors (Lipinski definition) is 4. The van der Waals surface area contributed by atoms with Crippen molar-refractivity contribution in [3.8, 4) is 0 Å². The van der Waals surface area contributed by atoms with Crippen LogP contribution in [0.3, 0.4) is 0 Å². The normalized spacial score (nSPS) is 22.9. The number of carbonyl (C=O) groups excluding carboxylic acids is 1. The zero-order chi connectivity index (χ0) is 18.6. The fourth-order valence-corrected chi connectivity index (χ4v) is 3.68. The third-order valence-corrected chi connectivity index (χ3v) is 4.86. The number of imidazole rings is 1. The predicted molar refractivity (Wildman–Crippen MR) is 83.2 cm³/mol. The lowest BCUT2D eigenvalue weighted by atomic mass is 9.99. The molecule has 4 heterocycles. The first-order valence-electron chi connectivity index (χ1n) is 8.39. The molecule has 2 aromatic heterocycles. The van der Waals surface area contributed by atoms with Crippen LogP contribution >= 0.6 is 0 Å². The zero-order valence-electron chi connectivity index (χ0n) is 14.3. The Balaban J connectivity index is 1.59. The monoisotopic (exact) mass is 369 g/mol. The maximum absolute atomic E-state index is 13.0. The highest BCUT2D eigenvalue weighted by Gasteiger charge is 2.39. The maximum Gasteiger partial charge on any atom is 0.449 e. The number of aromatic nitrogens is 4. The van der Waals surface area contributed by atoms with Crippen molar-refractivity contribution in [1.29, 1.82) is 0 Å². The number of aromatic amines is 1. The molecule has 1 amide bonds. The number of carbonyl (C=O) groups is 1. The summed E-state index contributed by atoms with van der Waals surface area (Å²) in [4.78, 5) is 17.9. The van der Waals surface area contributed by atoms with E-state index in [-0.39, 0.29) is 37.7 Å². The Morgan fingerprint density at radius 3 is 2.85 bits per heavy atom. The van der Waals surface area contributed by atoms with Crippen molar-refractivity contribution in [3.05, 3.63) is 34.7 Å². The van der Waals surface area contributed by atoms with E-state index >= 15 is 0 Å². The van der Waals surface area contributed by atoms with Crippen LogP contribution in [0.5, 0.6) is 0 Å². The van der Waals surface area contributed by atoms with Crippen LogP contribution in [0.25, 0.3) is 0 Å². The van der Waals surface area contributed by atoms with Gasteiger partial charge >= 0.3 is 6.18 Å². The molecular formula is C16H18F3N5O2. The molecule has 0 fully saturated rings. The smallest absolute Gasteiger partial charge is 0.369 e. The second-order valence-corrected chi connectivity index (χ2v) is 6.71. The van der Waals surface area contributed by atoms with Gasteiger partial charge in [0.2, 0.25) is 5.82 Å². The molecular weight excluding hydrogens is 351 g/mol. The summed E-state index contributed by atoms with van der Waals surface area (Å²) in [5, 5.41) is 7.03. The number of nitrogens with one attached hydrogen (secondary N) is 1. The Labute approximate surface area is 147 Å². The quantitative estimate of drug-likeness (QED) is 0.837. The highest BCUT2D eigenvalue weighted by molar-refractivity contribution is 5.94. The van der Waals surface area contributed by atoms with E-state index in [0.717, 1.165) is 15.8 Å². The third kappa shape index (κ3) is 2.68. The largest absolute Gasteiger partial charge is 0.449 e. The minimum absolute atomic E-state index is 0.0289. The summed E-state index contributed by atoms with van der Waals surface area (Å²) >= 11 is 0. The molecule has 0 aromatic carbocycles. The van der Waals surface area contributed by atoms with Gasteiger partial charge in [-0.15, -0.1) is 0 Å². The Morgan fingerprint density at radius 1 is 1.35 bits per heavy atom. The van der Waals surface area contributed by atoms with Crippen molar-refractivity contribution in [2.45, 2.75) is 51.7 Å². The zero-order valence-corrected chi connectivity index (χ0v) is 14.3. The Hall–Kier alpha value is -2.36. The van der Waals surface area contributed by atoms with E-state index in [0.29, 0.717) is 17.8 Å². The topological polar surface area (TPSA) is 76.0 Å². The summed E-state index contributed by atoms with van der Waals surface area (Å²) in [7, 11) is 0. The van der Waals surface area contributed by atoms with Crippen molar-refractivity contribution >= 4 is 5.91 Å². The summed E-state index contributed by atoms with van der Waals surface area (Å²) in [6, 6.07) is 0. The molecule has 0 radical (unpaired) electrons. The van der Waals surface area contributed by atoms with Gasteiger partial charge in [-0.2, -0.15) is 18.3 Å². The number of nitrogens with zero attached hydrogens (tertiary/aromatic N) is 4. The average molecular weight is 369 g/mol. The molecule has 10 heteroatoms. The lowest BCUT2D eigenvalue weighted by Gasteiger charge is -2.30. The highest BCUT2D eigenvalue weighted by Crippen LogP contribution is 2.32. The van der Waals surface area contributed by atoms with E-state index in [9.17, 15) is 18.0 Å². The number of hydrogen-bond donors (Lipinski definition) is 1. The van der Waals surface area contributed by atoms with Gasteiger partial charge in [-0.1, -0.05) is 0 Å². The molecule has 0 saturated heterocycles. The number of amides is 1. The van der Waals surface area contributed by atoms with E-state index in [4.69, 9.17) is 4.74 Å². The standard InChI is InChI=1S/C16H18F3N5O2/c1-8-5-11-12(9(2)26-8)21-22-13(11)14(25)23-3-4-24-10(7-23)6-20-15(24)16(17,18)19/h6,8-9H,3-5,7H2,1-2H3,(H,21,22)/t8-,9+/m1/s1. The third-order valence-electron chi connectivity index (χ3n) is 4.86. The molecule has 0 saturated carbocycles. The lowest BCUT2D eigenvalue weighted by Crippen LogP contribution is -2.39. The molecule has 2 aliphatic heterocycles. The van der Waals surface area contributed by atoms with E-state index in [1.54, 1.807) is 0 Å². The van der Waals surface area contributed by atoms with Gasteiger partial charge < -0.3 is 14.2 Å². The van der Waals surface area contributed by atoms with Gasteiger partial charge in [0, 0.05) is 25.1 Å². The van der Waals surface area contributed by atoms with Gasteiger partial charge in [0.1, 0.15) is 0 Å². The molecule has 1 N–H and O–H groups in total. The van der Waals surface area contributed by atoms with Gasteiger partial charge in [0.15, 0.2) is 5.69 Å². The van der Waals surface area contributed by atoms with Crippen LogP contribution in [0, 0.1) is 0 Å². The number of rotatable bonds is 1. The fraction of sp³-hybridized carbons (Fsp3) is 0.562. The van der Waals surface area contributed by atoms with Crippen molar-refractivity contribution in [2.24, 2.45) is 0 Å². The van der Waals surface area contributed by atoms with Gasteiger partial charge in [-0.25, -0.2) is 4.98 Å². The molecule has 4 rings (SSSR count). The molecule has 0 spiro atoms. The van der Waals surface area contributed by atoms with E-state index in [1.165, 1.54) is 11.1 Å². The summed E-state index contributed by atoms with van der Waals surface area (Å²) in [6.45, 7) is 4.12. The predicted octanol–water partition coefficient (Wildman–Crippen LogP) is 2.30. The molecule has 2 aromatic rings. The molecule has 26 heavy (non-hydrogen) atoms. The number of alkyl halides is 3. The molecule has 140 valence electrons. The molecule has 7 nitrogen and oxygen atoms in total. The number of halogens is 3. The lowest BCUT2D eigenvalue weighted by molar-refractivity contribution is -0.147. The average Bonchev–Trinajstić information content (AvgIpc) is 3.16. The maximum atomic E-state index is 13.0. The summed E-state index contributed by atoms with van der Waals surface area (Å²) in [5.41, 5.74) is 2.31. The summed E-state index contributed by atoms with van der Waals surface area (Å²) in [6.07, 6.45) is -2.96. The van der Waals surface area contributed by atoms with Gasteiger partial charge in [-0.3, -0.25) is 9.89 Å². The number of fused-ring (bicyclic) bond motifs is 2. The molecule has 0 aliphatic carbocycles. The Kier molecular flexibility index (Phi) is 3.83. The minimum atomic E-state index is -4.50. The van der Waals surface area contributed by atoms with Crippen LogP contribution in [-0.2, 0) is 30.4 Å². The second-order valence-electron chi connectivity index (χ2n) is 6.71. The van der Waals surface area contributed by atoms with Gasteiger partial charge in [0.05, 0.1) is 36.3 Å². The first-order valence-corrected chi connectivity index (χ1v) is 8.39. The van der Waals surface area contributed by atoms with E-state index in [2.05, 4.69) is 15.2 Å². The molecule has 2 aliphatic rings. The second kappa shape index (κ2) is 5.83. The molecule has 2 atom stereocenters. The van der Waals surface area contributed by atoms with Gasteiger partial charge in [-0.05, 0) is 13.8 Å². The number of ether oxygens (including phenoxy) is 1. The SMILES string of the molecule is C[C@@H]1Cc2c(C(=O)N3CCn4c(cnc4C(F)(F)F)C3)n[nH]c2[C@H](C)O1. The van der Waals surface area contributed by atoms with Crippen LogP contribution < -0.4 is 0 Å². The Bertz CT molecular complexity index is 857. The van der Waals surface area contributed by atoms with Crippen molar-refractivity contribution in [1.82, 2.24) is 24.6 Å². The highest BCUT2D eigenvalue weighted by atomic mass is 19.4. The Morgan fingerprint density at radius 2 is 2.12 bits per heavy atom. The van der Waals surface area contributed by atoms with E-state index < -0.39 is 12.0 Å². The van der Waals surface area contributed by atoms with Crippen LogP contribution in [-0.4, -0.2) is 43.2 Å². The molecule has 0 unspecified atom stereocenters.